The van der Waals surface area contributed by atoms with Crippen LogP contribution in [0.1, 0.15) is 86.0 Å². The first kappa shape index (κ1) is 23.5. The molecule has 2 saturated heterocycles. The predicted molar refractivity (Wildman–Crippen MR) is 129 cm³/mol. The van der Waals surface area contributed by atoms with Gasteiger partial charge in [0.05, 0.1) is 18.8 Å². The molecule has 5 fully saturated rings. The number of rotatable bonds is 1. The van der Waals surface area contributed by atoms with Crippen molar-refractivity contribution in [2.45, 2.75) is 110 Å². The fourth-order valence-electron chi connectivity index (χ4n) is 9.96. The number of carbonyl (C=O) groups is 1. The van der Waals surface area contributed by atoms with Crippen LogP contribution in [0.15, 0.2) is 11.6 Å². The second kappa shape index (κ2) is 7.79. The molecule has 5 nitrogen and oxygen atoms in total. The van der Waals surface area contributed by atoms with E-state index in [1.807, 2.05) is 0 Å². The highest BCUT2D eigenvalue weighted by Gasteiger charge is 2.72. The fraction of sp³-hybridized carbons (Fsp3) is 0.897. The molecule has 2 heterocycles. The third kappa shape index (κ3) is 3.11. The van der Waals surface area contributed by atoms with Crippen LogP contribution in [0.3, 0.4) is 0 Å². The zero-order valence-electron chi connectivity index (χ0n) is 21.7. The lowest BCUT2D eigenvalue weighted by Crippen LogP contribution is -2.58. The van der Waals surface area contributed by atoms with Gasteiger partial charge in [-0.25, -0.2) is 0 Å². The molecule has 8 unspecified atom stereocenters. The number of aliphatic hydroxyl groups is 1. The summed E-state index contributed by atoms with van der Waals surface area (Å²) in [5, 5.41) is 10.4. The Bertz CT molecular complexity index is 874. The summed E-state index contributed by atoms with van der Waals surface area (Å²) in [7, 11) is 0. The van der Waals surface area contributed by atoms with Gasteiger partial charge in [-0.1, -0.05) is 39.3 Å². The van der Waals surface area contributed by atoms with Crippen LogP contribution in [-0.4, -0.2) is 41.8 Å². The van der Waals surface area contributed by atoms with Gasteiger partial charge in [0.25, 0.3) is 0 Å². The largest absolute Gasteiger partial charge is 0.462 e. The quantitative estimate of drug-likeness (QED) is 0.417. The standard InChI is InChI=1S/C29H44O5/c1-16-8-11-29(32-15-16)17(2)26-24(34-29)13-23-21-7-6-19-12-20(31)9-10-27(19,4)22(21)14-25(28(23,26)5)33-18(3)30/h6,16-17,20-26,31H,7-15H2,1-5H3/t16?,17?,20-,21?,22?,23?,24?,25-,26?,27-,28+,29?/m0/s1. The zero-order chi connectivity index (χ0) is 24.0. The van der Waals surface area contributed by atoms with Crippen molar-refractivity contribution < 1.29 is 24.1 Å². The summed E-state index contributed by atoms with van der Waals surface area (Å²) < 4.78 is 19.6. The average Bonchev–Trinajstić information content (AvgIpc) is 3.23. The summed E-state index contributed by atoms with van der Waals surface area (Å²) in [6.07, 6.45) is 10.3. The van der Waals surface area contributed by atoms with E-state index in [2.05, 4.69) is 33.8 Å². The van der Waals surface area contributed by atoms with Gasteiger partial charge >= 0.3 is 5.97 Å². The lowest BCUT2D eigenvalue weighted by atomic mass is 9.46. The van der Waals surface area contributed by atoms with Gasteiger partial charge in [-0.2, -0.15) is 0 Å². The van der Waals surface area contributed by atoms with Crippen molar-refractivity contribution in [1.29, 1.82) is 0 Å². The molecular formula is C29H44O5. The van der Waals surface area contributed by atoms with Crippen LogP contribution in [0.5, 0.6) is 0 Å². The first-order valence-electron chi connectivity index (χ1n) is 13.9. The Kier molecular flexibility index (Phi) is 5.38. The van der Waals surface area contributed by atoms with Crippen molar-refractivity contribution in [3.05, 3.63) is 11.6 Å². The highest BCUT2D eigenvalue weighted by atomic mass is 16.7. The number of hydrogen-bond acceptors (Lipinski definition) is 5. The van der Waals surface area contributed by atoms with E-state index < -0.39 is 5.79 Å². The molecule has 0 bridgehead atoms. The maximum Gasteiger partial charge on any atom is 0.302 e. The summed E-state index contributed by atoms with van der Waals surface area (Å²) in [4.78, 5) is 12.4. The van der Waals surface area contributed by atoms with Crippen LogP contribution in [-0.2, 0) is 19.0 Å². The molecule has 0 radical (unpaired) electrons. The number of ether oxygens (including phenoxy) is 3. The fourth-order valence-corrected chi connectivity index (χ4v) is 9.96. The van der Waals surface area contributed by atoms with E-state index in [4.69, 9.17) is 14.2 Å². The van der Waals surface area contributed by atoms with Crippen molar-refractivity contribution in [2.24, 2.45) is 46.3 Å². The Balaban J connectivity index is 1.36. The first-order valence-corrected chi connectivity index (χ1v) is 13.9. The SMILES string of the molecule is CC(=O)O[C@H]1CC2C(CC=C3C[C@@H](O)CC[C@@]32C)C2CC3OC4(CCC(C)CO4)C(C)C3[C@]21C. The van der Waals surface area contributed by atoms with Crippen molar-refractivity contribution in [3.8, 4) is 0 Å². The highest BCUT2D eigenvalue weighted by molar-refractivity contribution is 5.66. The topological polar surface area (TPSA) is 65.0 Å². The van der Waals surface area contributed by atoms with Crippen molar-refractivity contribution in [3.63, 3.8) is 0 Å². The summed E-state index contributed by atoms with van der Waals surface area (Å²) in [5.41, 5.74) is 1.46. The monoisotopic (exact) mass is 472 g/mol. The predicted octanol–water partition coefficient (Wildman–Crippen LogP) is 5.26. The molecule has 0 aromatic heterocycles. The molecule has 190 valence electrons. The molecular weight excluding hydrogens is 428 g/mol. The molecule has 0 aromatic rings. The van der Waals surface area contributed by atoms with E-state index in [0.717, 1.165) is 58.0 Å². The molecule has 34 heavy (non-hydrogen) atoms. The molecule has 12 atom stereocenters. The maximum absolute atomic E-state index is 12.4. The van der Waals surface area contributed by atoms with Gasteiger partial charge in [-0.3, -0.25) is 4.79 Å². The van der Waals surface area contributed by atoms with Gasteiger partial charge in [0, 0.05) is 30.6 Å². The van der Waals surface area contributed by atoms with Crippen LogP contribution < -0.4 is 0 Å². The van der Waals surface area contributed by atoms with Crippen LogP contribution in [0, 0.1) is 46.3 Å². The van der Waals surface area contributed by atoms with E-state index in [1.165, 1.54) is 5.57 Å². The number of aliphatic hydroxyl groups excluding tert-OH is 1. The number of hydrogen-bond donors (Lipinski definition) is 1. The summed E-state index contributed by atoms with van der Waals surface area (Å²) in [6.45, 7) is 11.8. The molecule has 5 heteroatoms. The molecule has 1 spiro atoms. The van der Waals surface area contributed by atoms with Crippen molar-refractivity contribution in [1.82, 2.24) is 0 Å². The molecule has 6 rings (SSSR count). The molecule has 3 saturated carbocycles. The number of fused-ring (bicyclic) bond motifs is 7. The third-order valence-electron chi connectivity index (χ3n) is 11.7. The van der Waals surface area contributed by atoms with Gasteiger partial charge in [-0.15, -0.1) is 0 Å². The van der Waals surface area contributed by atoms with Gasteiger partial charge in [0.1, 0.15) is 6.10 Å². The lowest BCUT2D eigenvalue weighted by molar-refractivity contribution is -0.273. The van der Waals surface area contributed by atoms with E-state index in [1.54, 1.807) is 6.92 Å². The molecule has 0 amide bonds. The summed E-state index contributed by atoms with van der Waals surface area (Å²) in [5.74, 6) is 2.18. The van der Waals surface area contributed by atoms with Crippen LogP contribution in [0.2, 0.25) is 0 Å². The van der Waals surface area contributed by atoms with E-state index in [0.29, 0.717) is 35.5 Å². The Labute approximate surface area is 205 Å². The van der Waals surface area contributed by atoms with E-state index >= 15 is 0 Å². The summed E-state index contributed by atoms with van der Waals surface area (Å²) >= 11 is 0. The van der Waals surface area contributed by atoms with Crippen LogP contribution >= 0.6 is 0 Å². The van der Waals surface area contributed by atoms with Crippen molar-refractivity contribution >= 4 is 5.97 Å². The molecule has 2 aliphatic heterocycles. The highest BCUT2D eigenvalue weighted by Crippen LogP contribution is 2.71. The number of esters is 1. The Morgan fingerprint density at radius 2 is 1.94 bits per heavy atom. The van der Waals surface area contributed by atoms with Gasteiger partial charge < -0.3 is 19.3 Å². The second-order valence-electron chi connectivity index (χ2n) is 13.3. The normalized spacial score (nSPS) is 56.2. The van der Waals surface area contributed by atoms with E-state index in [-0.39, 0.29) is 35.1 Å². The zero-order valence-corrected chi connectivity index (χ0v) is 21.7. The third-order valence-corrected chi connectivity index (χ3v) is 11.7. The lowest BCUT2D eigenvalue weighted by Gasteiger charge is -2.60. The molecule has 0 aromatic carbocycles. The molecule has 4 aliphatic carbocycles. The molecule has 1 N–H and O–H groups in total. The Morgan fingerprint density at radius 1 is 1.15 bits per heavy atom. The average molecular weight is 473 g/mol. The Hall–Kier alpha value is -0.910. The van der Waals surface area contributed by atoms with Crippen LogP contribution in [0.25, 0.3) is 0 Å². The van der Waals surface area contributed by atoms with Gasteiger partial charge in [0.15, 0.2) is 5.79 Å². The smallest absolute Gasteiger partial charge is 0.302 e. The Morgan fingerprint density at radius 3 is 2.65 bits per heavy atom. The number of allylic oxidation sites excluding steroid dienone is 1. The first-order chi connectivity index (χ1) is 16.1. The summed E-state index contributed by atoms with van der Waals surface area (Å²) in [6, 6.07) is 0. The van der Waals surface area contributed by atoms with Gasteiger partial charge in [0.2, 0.25) is 0 Å². The minimum Gasteiger partial charge on any atom is -0.462 e. The maximum atomic E-state index is 12.4. The second-order valence-corrected chi connectivity index (χ2v) is 13.3. The van der Waals surface area contributed by atoms with E-state index in [9.17, 15) is 9.90 Å². The minimum atomic E-state index is -0.460. The van der Waals surface area contributed by atoms with Crippen LogP contribution in [0.4, 0.5) is 0 Å². The van der Waals surface area contributed by atoms with Crippen molar-refractivity contribution in [2.75, 3.05) is 6.61 Å². The minimum absolute atomic E-state index is 0.0852. The van der Waals surface area contributed by atoms with Gasteiger partial charge in [-0.05, 0) is 74.0 Å². The number of carbonyl (C=O) groups excluding carboxylic acids is 1. The molecule has 6 aliphatic rings.